The van der Waals surface area contributed by atoms with Crippen molar-refractivity contribution in [2.45, 2.75) is 6.61 Å². The second-order valence-corrected chi connectivity index (χ2v) is 6.97. The van der Waals surface area contributed by atoms with Crippen molar-refractivity contribution in [1.82, 2.24) is 0 Å². The number of hydrogen-bond donors (Lipinski definition) is 0. The highest BCUT2D eigenvalue weighted by Crippen LogP contribution is 2.30. The number of aliphatic imine (C=N–C) groups is 1. The summed E-state index contributed by atoms with van der Waals surface area (Å²) in [6, 6.07) is 22.2. The lowest BCUT2D eigenvalue weighted by Gasteiger charge is -2.11. The van der Waals surface area contributed by atoms with Crippen LogP contribution in [-0.4, -0.2) is 19.0 Å². The molecule has 3 aromatic rings. The van der Waals surface area contributed by atoms with Crippen LogP contribution in [0.4, 0.5) is 0 Å². The molecule has 1 heterocycles. The Balaban J connectivity index is 1.59. The normalized spacial score (nSPS) is 14.4. The highest BCUT2D eigenvalue weighted by Gasteiger charge is 2.24. The zero-order valence-electron chi connectivity index (χ0n) is 16.2. The Kier molecular flexibility index (Phi) is 5.82. The van der Waals surface area contributed by atoms with E-state index >= 15 is 0 Å². The Labute approximate surface area is 179 Å². The molecule has 6 heteroatoms. The van der Waals surface area contributed by atoms with Crippen LogP contribution in [0.1, 0.15) is 16.7 Å². The monoisotopic (exact) mass is 419 g/mol. The van der Waals surface area contributed by atoms with Crippen molar-refractivity contribution in [2.75, 3.05) is 7.11 Å². The average molecular weight is 420 g/mol. The number of carbonyl (C=O) groups is 1. The second kappa shape index (κ2) is 8.84. The molecule has 30 heavy (non-hydrogen) atoms. The molecule has 0 aliphatic carbocycles. The molecule has 0 spiro atoms. The number of benzene rings is 3. The van der Waals surface area contributed by atoms with Gasteiger partial charge < -0.3 is 14.2 Å². The quantitative estimate of drug-likeness (QED) is 0.403. The molecule has 0 saturated heterocycles. The summed E-state index contributed by atoms with van der Waals surface area (Å²) < 4.78 is 16.6. The fraction of sp³-hybridized carbons (Fsp3) is 0.0833. The van der Waals surface area contributed by atoms with Crippen molar-refractivity contribution in [1.29, 1.82) is 0 Å². The molecule has 0 amide bonds. The van der Waals surface area contributed by atoms with Gasteiger partial charge in [0, 0.05) is 10.6 Å². The van der Waals surface area contributed by atoms with E-state index in [9.17, 15) is 4.79 Å². The molecule has 1 aliphatic rings. The van der Waals surface area contributed by atoms with Gasteiger partial charge in [-0.25, -0.2) is 9.79 Å². The number of methoxy groups -OCH3 is 1. The molecule has 0 atom stereocenters. The molecule has 0 unspecified atom stereocenters. The molecule has 1 aliphatic heterocycles. The highest BCUT2D eigenvalue weighted by atomic mass is 35.5. The van der Waals surface area contributed by atoms with Gasteiger partial charge >= 0.3 is 5.97 Å². The zero-order chi connectivity index (χ0) is 20.9. The number of rotatable bonds is 6. The van der Waals surface area contributed by atoms with Crippen LogP contribution in [-0.2, 0) is 16.1 Å². The van der Waals surface area contributed by atoms with E-state index < -0.39 is 5.97 Å². The molecule has 0 N–H and O–H groups in total. The average Bonchev–Trinajstić information content (AvgIpc) is 3.13. The Morgan fingerprint density at radius 1 is 1.00 bits per heavy atom. The maximum absolute atomic E-state index is 12.3. The molecule has 0 saturated carbocycles. The SMILES string of the molecule is COc1ccc(C=C2N=C(c3cccc(Cl)c3)OC2=O)cc1OCc1ccccc1. The van der Waals surface area contributed by atoms with Crippen molar-refractivity contribution in [3.8, 4) is 11.5 Å². The van der Waals surface area contributed by atoms with E-state index in [1.807, 2.05) is 36.4 Å². The number of cyclic esters (lactones) is 1. The van der Waals surface area contributed by atoms with Crippen LogP contribution in [0.2, 0.25) is 5.02 Å². The molecule has 150 valence electrons. The minimum Gasteiger partial charge on any atom is -0.493 e. The number of halogens is 1. The van der Waals surface area contributed by atoms with Crippen LogP contribution >= 0.6 is 11.6 Å². The lowest BCUT2D eigenvalue weighted by Crippen LogP contribution is -2.05. The first-order valence-corrected chi connectivity index (χ1v) is 9.63. The van der Waals surface area contributed by atoms with Crippen molar-refractivity contribution in [2.24, 2.45) is 4.99 Å². The fourth-order valence-corrected chi connectivity index (χ4v) is 3.13. The standard InChI is InChI=1S/C24H18ClNO4/c1-28-21-11-10-17(13-22(21)29-15-16-6-3-2-4-7-16)12-20-24(27)30-23(26-20)18-8-5-9-19(25)14-18/h2-14H,15H2,1H3. The first-order valence-electron chi connectivity index (χ1n) is 9.25. The summed E-state index contributed by atoms with van der Waals surface area (Å²) in [5.74, 6) is 0.877. The van der Waals surface area contributed by atoms with Crippen LogP contribution in [0.3, 0.4) is 0 Å². The Bertz CT molecular complexity index is 1140. The molecule has 4 rings (SSSR count). The van der Waals surface area contributed by atoms with Crippen molar-refractivity contribution in [3.05, 3.63) is 100 Å². The Hall–Kier alpha value is -3.57. The first-order chi connectivity index (χ1) is 14.6. The van der Waals surface area contributed by atoms with E-state index in [1.54, 1.807) is 49.6 Å². The van der Waals surface area contributed by atoms with E-state index in [4.69, 9.17) is 25.8 Å². The van der Waals surface area contributed by atoms with E-state index in [2.05, 4.69) is 4.99 Å². The van der Waals surface area contributed by atoms with Gasteiger partial charge in [0.15, 0.2) is 17.2 Å². The van der Waals surface area contributed by atoms with Crippen LogP contribution in [0.15, 0.2) is 83.5 Å². The van der Waals surface area contributed by atoms with E-state index in [-0.39, 0.29) is 11.6 Å². The Morgan fingerprint density at radius 3 is 2.60 bits per heavy atom. The first kappa shape index (κ1) is 19.7. The molecule has 0 aromatic heterocycles. The molecular weight excluding hydrogens is 402 g/mol. The minimum absolute atomic E-state index is 0.198. The van der Waals surface area contributed by atoms with Gasteiger partial charge in [-0.15, -0.1) is 0 Å². The predicted molar refractivity (Wildman–Crippen MR) is 116 cm³/mol. The number of hydrogen-bond acceptors (Lipinski definition) is 5. The summed E-state index contributed by atoms with van der Waals surface area (Å²) >= 11 is 6.01. The molecule has 0 radical (unpaired) electrons. The molecular formula is C24H18ClNO4. The van der Waals surface area contributed by atoms with Crippen LogP contribution < -0.4 is 9.47 Å². The third kappa shape index (κ3) is 4.53. The summed E-state index contributed by atoms with van der Waals surface area (Å²) in [5.41, 5.74) is 2.62. The van der Waals surface area contributed by atoms with Gasteiger partial charge in [-0.3, -0.25) is 0 Å². The van der Waals surface area contributed by atoms with Crippen LogP contribution in [0.5, 0.6) is 11.5 Å². The maximum atomic E-state index is 12.3. The van der Waals surface area contributed by atoms with Crippen molar-refractivity contribution < 1.29 is 19.0 Å². The van der Waals surface area contributed by atoms with Crippen molar-refractivity contribution in [3.63, 3.8) is 0 Å². The van der Waals surface area contributed by atoms with Gasteiger partial charge in [0.2, 0.25) is 5.90 Å². The van der Waals surface area contributed by atoms with Crippen molar-refractivity contribution >= 4 is 29.5 Å². The van der Waals surface area contributed by atoms with Gasteiger partial charge in [0.05, 0.1) is 7.11 Å². The third-order valence-electron chi connectivity index (χ3n) is 4.42. The number of nitrogens with zero attached hydrogens (tertiary/aromatic N) is 1. The minimum atomic E-state index is -0.521. The lowest BCUT2D eigenvalue weighted by molar-refractivity contribution is -0.129. The van der Waals surface area contributed by atoms with E-state index in [0.29, 0.717) is 28.7 Å². The summed E-state index contributed by atoms with van der Waals surface area (Å²) in [7, 11) is 1.58. The number of esters is 1. The van der Waals surface area contributed by atoms with Gasteiger partial charge in [0.25, 0.3) is 0 Å². The summed E-state index contributed by atoms with van der Waals surface area (Å²) in [6.45, 7) is 0.399. The molecule has 5 nitrogen and oxygen atoms in total. The van der Waals surface area contributed by atoms with Gasteiger partial charge in [0.1, 0.15) is 6.61 Å². The van der Waals surface area contributed by atoms with Gasteiger partial charge in [-0.2, -0.15) is 0 Å². The molecule has 0 bridgehead atoms. The predicted octanol–water partition coefficient (Wildman–Crippen LogP) is 5.27. The topological polar surface area (TPSA) is 57.1 Å². The highest BCUT2D eigenvalue weighted by molar-refractivity contribution is 6.31. The number of ether oxygens (including phenoxy) is 3. The smallest absolute Gasteiger partial charge is 0.363 e. The fourth-order valence-electron chi connectivity index (χ4n) is 2.94. The number of carbonyl (C=O) groups excluding carboxylic acids is 1. The molecule has 3 aromatic carbocycles. The molecule has 0 fully saturated rings. The second-order valence-electron chi connectivity index (χ2n) is 6.53. The Morgan fingerprint density at radius 2 is 1.83 bits per heavy atom. The third-order valence-corrected chi connectivity index (χ3v) is 4.66. The van der Waals surface area contributed by atoms with Gasteiger partial charge in [-0.1, -0.05) is 54.1 Å². The summed E-state index contributed by atoms with van der Waals surface area (Å²) in [4.78, 5) is 16.6. The summed E-state index contributed by atoms with van der Waals surface area (Å²) in [6.07, 6.45) is 1.65. The van der Waals surface area contributed by atoms with E-state index in [1.165, 1.54) is 0 Å². The van der Waals surface area contributed by atoms with E-state index in [0.717, 1.165) is 11.1 Å². The zero-order valence-corrected chi connectivity index (χ0v) is 16.9. The van der Waals surface area contributed by atoms with Gasteiger partial charge in [-0.05, 0) is 47.5 Å². The van der Waals surface area contributed by atoms with Crippen LogP contribution in [0, 0.1) is 0 Å². The lowest BCUT2D eigenvalue weighted by atomic mass is 10.1. The summed E-state index contributed by atoms with van der Waals surface area (Å²) in [5, 5.41) is 0.541. The van der Waals surface area contributed by atoms with Crippen LogP contribution in [0.25, 0.3) is 6.08 Å². The largest absolute Gasteiger partial charge is 0.493 e. The maximum Gasteiger partial charge on any atom is 0.363 e.